The number of aromatic amines is 1. The van der Waals surface area contributed by atoms with Crippen LogP contribution in [0.2, 0.25) is 0 Å². The van der Waals surface area contributed by atoms with Crippen molar-refractivity contribution in [2.45, 2.75) is 25.0 Å². The Morgan fingerprint density at radius 1 is 1.71 bits per heavy atom. The molecule has 0 spiro atoms. The van der Waals surface area contributed by atoms with Crippen molar-refractivity contribution in [2.75, 3.05) is 12.3 Å². The summed E-state index contributed by atoms with van der Waals surface area (Å²) in [6.45, 7) is 6.53. The number of H-pyrrole nitrogens is 1. The van der Waals surface area contributed by atoms with Crippen molar-refractivity contribution in [1.29, 1.82) is 0 Å². The van der Waals surface area contributed by atoms with E-state index in [0.29, 0.717) is 18.2 Å². The third kappa shape index (κ3) is 4.10. The van der Waals surface area contributed by atoms with E-state index in [-0.39, 0.29) is 17.3 Å². The van der Waals surface area contributed by atoms with E-state index in [1.165, 1.54) is 16.3 Å². The van der Waals surface area contributed by atoms with Crippen molar-refractivity contribution in [3.05, 3.63) is 23.1 Å². The molecule has 1 aromatic heterocycles. The van der Waals surface area contributed by atoms with Crippen LogP contribution in [-0.2, 0) is 11.3 Å². The molecule has 1 heterocycles. The molecule has 94 valence electrons. The molecule has 0 bridgehead atoms. The summed E-state index contributed by atoms with van der Waals surface area (Å²) >= 11 is 1.24. The molecule has 17 heavy (non-hydrogen) atoms. The van der Waals surface area contributed by atoms with Gasteiger partial charge in [0, 0.05) is 13.1 Å². The van der Waals surface area contributed by atoms with Gasteiger partial charge in [0.2, 0.25) is 5.91 Å². The van der Waals surface area contributed by atoms with E-state index in [9.17, 15) is 9.59 Å². The van der Waals surface area contributed by atoms with Gasteiger partial charge in [0.15, 0.2) is 5.16 Å². The molecule has 1 rings (SSSR count). The van der Waals surface area contributed by atoms with Gasteiger partial charge in [-0.3, -0.25) is 9.36 Å². The molecule has 0 saturated carbocycles. The molecule has 0 atom stereocenters. The van der Waals surface area contributed by atoms with Gasteiger partial charge in [-0.1, -0.05) is 24.8 Å². The van der Waals surface area contributed by atoms with E-state index in [2.05, 4.69) is 22.1 Å². The van der Waals surface area contributed by atoms with Crippen LogP contribution in [0.5, 0.6) is 0 Å². The van der Waals surface area contributed by atoms with Crippen molar-refractivity contribution < 1.29 is 4.79 Å². The minimum Gasteiger partial charge on any atom is -0.352 e. The molecule has 7 heteroatoms. The first kappa shape index (κ1) is 13.6. The van der Waals surface area contributed by atoms with E-state index >= 15 is 0 Å². The molecule has 0 aliphatic rings. The van der Waals surface area contributed by atoms with Gasteiger partial charge in [0.1, 0.15) is 0 Å². The lowest BCUT2D eigenvalue weighted by Crippen LogP contribution is -2.25. The largest absolute Gasteiger partial charge is 0.352 e. The summed E-state index contributed by atoms with van der Waals surface area (Å²) in [6.07, 6.45) is 2.46. The van der Waals surface area contributed by atoms with Crippen LogP contribution < -0.4 is 11.0 Å². The van der Waals surface area contributed by atoms with Gasteiger partial charge in [-0.05, 0) is 6.42 Å². The Morgan fingerprint density at radius 3 is 3.12 bits per heavy atom. The van der Waals surface area contributed by atoms with Crippen molar-refractivity contribution in [3.63, 3.8) is 0 Å². The van der Waals surface area contributed by atoms with Crippen molar-refractivity contribution in [1.82, 2.24) is 20.1 Å². The molecule has 1 aromatic rings. The predicted molar refractivity (Wildman–Crippen MR) is 67.1 cm³/mol. The van der Waals surface area contributed by atoms with Crippen LogP contribution in [0, 0.1) is 0 Å². The molecule has 0 unspecified atom stereocenters. The molecule has 2 N–H and O–H groups in total. The van der Waals surface area contributed by atoms with Gasteiger partial charge in [0.05, 0.1) is 5.75 Å². The number of nitrogens with zero attached hydrogens (tertiary/aromatic N) is 2. The summed E-state index contributed by atoms with van der Waals surface area (Å²) in [4.78, 5) is 22.7. The Balaban J connectivity index is 2.54. The predicted octanol–water partition coefficient (Wildman–Crippen LogP) is 0.376. The average molecular weight is 256 g/mol. The molecular weight excluding hydrogens is 240 g/mol. The molecule has 1 amide bonds. The van der Waals surface area contributed by atoms with Gasteiger partial charge in [-0.15, -0.1) is 11.7 Å². The highest BCUT2D eigenvalue weighted by molar-refractivity contribution is 7.99. The Labute approximate surface area is 103 Å². The number of aromatic nitrogens is 3. The lowest BCUT2D eigenvalue weighted by atomic mass is 10.5. The summed E-state index contributed by atoms with van der Waals surface area (Å²) in [5.41, 5.74) is -0.235. The molecule has 0 aliphatic heterocycles. The first-order valence-electron chi connectivity index (χ1n) is 5.34. The summed E-state index contributed by atoms with van der Waals surface area (Å²) in [5, 5.41) is 9.46. The van der Waals surface area contributed by atoms with Gasteiger partial charge < -0.3 is 5.32 Å². The Hall–Kier alpha value is -1.50. The van der Waals surface area contributed by atoms with E-state index < -0.39 is 0 Å². The molecule has 0 saturated heterocycles. The normalized spacial score (nSPS) is 10.2. The number of amides is 1. The maximum Gasteiger partial charge on any atom is 0.343 e. The fraction of sp³-hybridized carbons (Fsp3) is 0.500. The second kappa shape index (κ2) is 6.95. The number of carbonyl (C=O) groups excluding carboxylic acids is 1. The fourth-order valence-electron chi connectivity index (χ4n) is 1.20. The number of carbonyl (C=O) groups is 1. The van der Waals surface area contributed by atoms with Gasteiger partial charge in [0.25, 0.3) is 0 Å². The SMILES string of the molecule is C=CCNC(=O)CSc1n[nH]c(=O)n1CCC. The standard InChI is InChI=1S/C10H16N4O2S/c1-3-5-11-8(15)7-17-10-13-12-9(16)14(10)6-4-2/h3H,1,4-7H2,2H3,(H,11,15)(H,12,16). The monoisotopic (exact) mass is 256 g/mol. The highest BCUT2D eigenvalue weighted by atomic mass is 32.2. The minimum atomic E-state index is -0.235. The van der Waals surface area contributed by atoms with Crippen LogP contribution in [0.15, 0.2) is 22.6 Å². The van der Waals surface area contributed by atoms with E-state index in [0.717, 1.165) is 6.42 Å². The third-order valence-electron chi connectivity index (χ3n) is 1.95. The van der Waals surface area contributed by atoms with Crippen LogP contribution in [0.25, 0.3) is 0 Å². The maximum absolute atomic E-state index is 11.4. The smallest absolute Gasteiger partial charge is 0.343 e. The van der Waals surface area contributed by atoms with E-state index in [1.807, 2.05) is 6.92 Å². The van der Waals surface area contributed by atoms with Crippen molar-refractivity contribution >= 4 is 17.7 Å². The first-order chi connectivity index (χ1) is 8.19. The highest BCUT2D eigenvalue weighted by Gasteiger charge is 2.09. The van der Waals surface area contributed by atoms with Gasteiger partial charge in [-0.25, -0.2) is 9.89 Å². The zero-order valence-electron chi connectivity index (χ0n) is 9.73. The quantitative estimate of drug-likeness (QED) is 0.546. The zero-order chi connectivity index (χ0) is 12.7. The number of hydrogen-bond donors (Lipinski definition) is 2. The molecule has 0 radical (unpaired) electrons. The number of rotatable bonds is 7. The number of nitrogens with one attached hydrogen (secondary N) is 2. The summed E-state index contributed by atoms with van der Waals surface area (Å²) in [5.74, 6) is 0.135. The number of hydrogen-bond acceptors (Lipinski definition) is 4. The summed E-state index contributed by atoms with van der Waals surface area (Å²) in [6, 6.07) is 0. The van der Waals surface area contributed by atoms with Crippen LogP contribution >= 0.6 is 11.8 Å². The molecular formula is C10H16N4O2S. The van der Waals surface area contributed by atoms with Crippen LogP contribution in [0.4, 0.5) is 0 Å². The Morgan fingerprint density at radius 2 is 2.47 bits per heavy atom. The zero-order valence-corrected chi connectivity index (χ0v) is 10.5. The van der Waals surface area contributed by atoms with Crippen molar-refractivity contribution in [2.24, 2.45) is 0 Å². The van der Waals surface area contributed by atoms with Crippen LogP contribution in [-0.4, -0.2) is 33.0 Å². The lowest BCUT2D eigenvalue weighted by Gasteiger charge is -2.03. The topological polar surface area (TPSA) is 79.8 Å². The van der Waals surface area contributed by atoms with Gasteiger partial charge >= 0.3 is 5.69 Å². The summed E-state index contributed by atoms with van der Waals surface area (Å²) < 4.78 is 1.53. The van der Waals surface area contributed by atoms with E-state index in [1.54, 1.807) is 6.08 Å². The van der Waals surface area contributed by atoms with Crippen molar-refractivity contribution in [3.8, 4) is 0 Å². The van der Waals surface area contributed by atoms with E-state index in [4.69, 9.17) is 0 Å². The Kier molecular flexibility index (Phi) is 5.55. The lowest BCUT2D eigenvalue weighted by molar-refractivity contribution is -0.118. The molecule has 0 fully saturated rings. The van der Waals surface area contributed by atoms with Crippen LogP contribution in [0.3, 0.4) is 0 Å². The van der Waals surface area contributed by atoms with Crippen LogP contribution in [0.1, 0.15) is 13.3 Å². The number of thioether (sulfide) groups is 1. The third-order valence-corrected chi connectivity index (χ3v) is 2.92. The second-order valence-corrected chi connectivity index (χ2v) is 4.29. The Bertz CT molecular complexity index is 438. The molecule has 0 aliphatic carbocycles. The average Bonchev–Trinajstić information content (AvgIpc) is 2.66. The molecule has 6 nitrogen and oxygen atoms in total. The molecule has 0 aromatic carbocycles. The first-order valence-corrected chi connectivity index (χ1v) is 6.33. The summed E-state index contributed by atoms with van der Waals surface area (Å²) in [7, 11) is 0. The highest BCUT2D eigenvalue weighted by Crippen LogP contribution is 2.12. The van der Waals surface area contributed by atoms with Gasteiger partial charge in [-0.2, -0.15) is 0 Å². The minimum absolute atomic E-state index is 0.103. The maximum atomic E-state index is 11.4. The fourth-order valence-corrected chi connectivity index (χ4v) is 2.00. The second-order valence-electron chi connectivity index (χ2n) is 3.34.